The normalized spacial score (nSPS) is 10.7. The Balaban J connectivity index is 2.21. The van der Waals surface area contributed by atoms with E-state index in [1.54, 1.807) is 27.6 Å². The minimum absolute atomic E-state index is 0.159. The van der Waals surface area contributed by atoms with E-state index in [2.05, 4.69) is 4.98 Å². The van der Waals surface area contributed by atoms with Crippen molar-refractivity contribution in [1.29, 1.82) is 0 Å². The van der Waals surface area contributed by atoms with E-state index in [1.165, 1.54) is 0 Å². The van der Waals surface area contributed by atoms with E-state index < -0.39 is 5.97 Å². The Morgan fingerprint density at radius 3 is 2.55 bits per heavy atom. The van der Waals surface area contributed by atoms with Crippen LogP contribution < -0.4 is 4.90 Å². The number of carbonyl (C=O) groups is 1. The fourth-order valence-electron chi connectivity index (χ4n) is 2.19. The number of benzene rings is 1. The molecule has 0 saturated heterocycles. The van der Waals surface area contributed by atoms with Crippen molar-refractivity contribution < 1.29 is 9.90 Å². The van der Waals surface area contributed by atoms with Gasteiger partial charge in [0.2, 0.25) is 0 Å². The predicted molar refractivity (Wildman–Crippen MR) is 76.7 cm³/mol. The van der Waals surface area contributed by atoms with E-state index in [-0.39, 0.29) is 5.69 Å². The molecule has 0 radical (unpaired) electrons. The minimum Gasteiger partial charge on any atom is -0.476 e. The molecule has 2 heterocycles. The molecular weight excluding hydrogens is 254 g/mol. The Morgan fingerprint density at radius 2 is 1.85 bits per heavy atom. The third kappa shape index (κ3) is 1.89. The van der Waals surface area contributed by atoms with Crippen LogP contribution >= 0.6 is 0 Å². The number of carboxylic acids is 1. The molecule has 0 amide bonds. The first kappa shape index (κ1) is 12.2. The van der Waals surface area contributed by atoms with Gasteiger partial charge in [0.15, 0.2) is 11.5 Å². The highest BCUT2D eigenvalue weighted by molar-refractivity contribution is 5.94. The van der Waals surface area contributed by atoms with Crippen LogP contribution in [0.5, 0.6) is 0 Å². The van der Waals surface area contributed by atoms with Gasteiger partial charge in [0.25, 0.3) is 0 Å². The van der Waals surface area contributed by atoms with Crippen molar-refractivity contribution in [3.8, 4) is 0 Å². The fraction of sp³-hybridized carbons (Fsp3) is 0.0667. The van der Waals surface area contributed by atoms with E-state index in [0.29, 0.717) is 11.5 Å². The van der Waals surface area contributed by atoms with Crippen molar-refractivity contribution in [3.63, 3.8) is 0 Å². The molecule has 0 bridgehead atoms. The Morgan fingerprint density at radius 1 is 1.15 bits per heavy atom. The van der Waals surface area contributed by atoms with Gasteiger partial charge in [0, 0.05) is 18.9 Å². The summed E-state index contributed by atoms with van der Waals surface area (Å²) < 4.78 is 1.58. The van der Waals surface area contributed by atoms with Gasteiger partial charge in [-0.3, -0.25) is 4.40 Å². The number of rotatable bonds is 3. The van der Waals surface area contributed by atoms with Crippen molar-refractivity contribution in [2.24, 2.45) is 0 Å². The maximum atomic E-state index is 11.5. The second-order valence-corrected chi connectivity index (χ2v) is 4.41. The zero-order valence-corrected chi connectivity index (χ0v) is 10.9. The number of hydrogen-bond acceptors (Lipinski definition) is 3. The Bertz CT molecular complexity index is 765. The van der Waals surface area contributed by atoms with Crippen LogP contribution in [0.25, 0.3) is 5.65 Å². The molecule has 0 aliphatic carbocycles. The monoisotopic (exact) mass is 267 g/mol. The van der Waals surface area contributed by atoms with Crippen LogP contribution in [0.1, 0.15) is 10.5 Å². The molecule has 5 nitrogen and oxygen atoms in total. The van der Waals surface area contributed by atoms with Gasteiger partial charge in [0.05, 0.1) is 0 Å². The van der Waals surface area contributed by atoms with Crippen molar-refractivity contribution in [1.82, 2.24) is 9.38 Å². The maximum absolute atomic E-state index is 11.5. The summed E-state index contributed by atoms with van der Waals surface area (Å²) in [6.45, 7) is 0. The number of para-hydroxylation sites is 1. The van der Waals surface area contributed by atoms with Gasteiger partial charge >= 0.3 is 5.97 Å². The third-order valence-electron chi connectivity index (χ3n) is 3.18. The van der Waals surface area contributed by atoms with Crippen molar-refractivity contribution >= 4 is 23.1 Å². The van der Waals surface area contributed by atoms with Gasteiger partial charge in [-0.05, 0) is 24.3 Å². The number of imidazole rings is 1. The summed E-state index contributed by atoms with van der Waals surface area (Å²) in [4.78, 5) is 17.7. The average molecular weight is 267 g/mol. The molecule has 0 aliphatic heterocycles. The standard InChI is InChI=1S/C15H13N3O2/c1-17(11-7-3-2-4-8-11)14-13(15(19)20)18-10-6-5-9-12(18)16-14/h2-10H,1H3,(H,19,20). The van der Waals surface area contributed by atoms with E-state index in [0.717, 1.165) is 5.69 Å². The van der Waals surface area contributed by atoms with Crippen molar-refractivity contribution in [3.05, 3.63) is 60.4 Å². The quantitative estimate of drug-likeness (QED) is 0.792. The third-order valence-corrected chi connectivity index (χ3v) is 3.18. The number of fused-ring (bicyclic) bond motifs is 1. The number of pyridine rings is 1. The maximum Gasteiger partial charge on any atom is 0.356 e. The highest BCUT2D eigenvalue weighted by Gasteiger charge is 2.21. The summed E-state index contributed by atoms with van der Waals surface area (Å²) in [7, 11) is 1.81. The molecule has 1 N–H and O–H groups in total. The number of hydrogen-bond donors (Lipinski definition) is 1. The number of anilines is 2. The first-order valence-electron chi connectivity index (χ1n) is 6.17. The number of aromatic carboxylic acids is 1. The summed E-state index contributed by atoms with van der Waals surface area (Å²) in [6, 6.07) is 15.0. The number of nitrogens with zero attached hydrogens (tertiary/aromatic N) is 3. The molecule has 0 fully saturated rings. The first-order chi connectivity index (χ1) is 9.68. The molecule has 100 valence electrons. The molecule has 5 heteroatoms. The van der Waals surface area contributed by atoms with Crippen LogP contribution in [-0.4, -0.2) is 27.5 Å². The molecule has 0 saturated carbocycles. The van der Waals surface area contributed by atoms with Gasteiger partial charge in [-0.2, -0.15) is 0 Å². The Hall–Kier alpha value is -2.82. The lowest BCUT2D eigenvalue weighted by atomic mass is 10.3. The van der Waals surface area contributed by atoms with Crippen LogP contribution in [0.15, 0.2) is 54.7 Å². The van der Waals surface area contributed by atoms with E-state index in [9.17, 15) is 9.90 Å². The van der Waals surface area contributed by atoms with Crippen LogP contribution in [-0.2, 0) is 0 Å². The second kappa shape index (κ2) is 4.70. The molecule has 3 aromatic rings. The van der Waals surface area contributed by atoms with Crippen LogP contribution in [0.2, 0.25) is 0 Å². The molecule has 1 aromatic carbocycles. The zero-order valence-electron chi connectivity index (χ0n) is 10.9. The van der Waals surface area contributed by atoms with Crippen LogP contribution in [0.4, 0.5) is 11.5 Å². The highest BCUT2D eigenvalue weighted by atomic mass is 16.4. The molecule has 20 heavy (non-hydrogen) atoms. The number of aromatic nitrogens is 2. The lowest BCUT2D eigenvalue weighted by molar-refractivity contribution is 0.0690. The molecule has 0 atom stereocenters. The summed E-state index contributed by atoms with van der Waals surface area (Å²) in [5.74, 6) is -0.573. The largest absolute Gasteiger partial charge is 0.476 e. The lowest BCUT2D eigenvalue weighted by Crippen LogP contribution is -2.14. The average Bonchev–Trinajstić information content (AvgIpc) is 2.86. The SMILES string of the molecule is CN(c1ccccc1)c1nc2ccccn2c1C(=O)O. The van der Waals surface area contributed by atoms with Crippen molar-refractivity contribution in [2.45, 2.75) is 0 Å². The summed E-state index contributed by atoms with van der Waals surface area (Å²) in [5.41, 5.74) is 1.66. The summed E-state index contributed by atoms with van der Waals surface area (Å²) >= 11 is 0. The van der Waals surface area contributed by atoms with Crippen LogP contribution in [0.3, 0.4) is 0 Å². The van der Waals surface area contributed by atoms with Gasteiger partial charge < -0.3 is 10.0 Å². The van der Waals surface area contributed by atoms with E-state index in [1.807, 2.05) is 43.4 Å². The highest BCUT2D eigenvalue weighted by Crippen LogP contribution is 2.27. The van der Waals surface area contributed by atoms with Gasteiger partial charge in [-0.25, -0.2) is 9.78 Å². The smallest absolute Gasteiger partial charge is 0.356 e. The van der Waals surface area contributed by atoms with E-state index in [4.69, 9.17) is 0 Å². The molecule has 2 aromatic heterocycles. The first-order valence-corrected chi connectivity index (χ1v) is 6.17. The van der Waals surface area contributed by atoms with E-state index >= 15 is 0 Å². The Labute approximate surface area is 115 Å². The second-order valence-electron chi connectivity index (χ2n) is 4.41. The summed E-state index contributed by atoms with van der Waals surface area (Å²) in [6.07, 6.45) is 1.70. The van der Waals surface area contributed by atoms with Gasteiger partial charge in [0.1, 0.15) is 5.65 Å². The Kier molecular flexibility index (Phi) is 2.87. The predicted octanol–water partition coefficient (Wildman–Crippen LogP) is 2.80. The summed E-state index contributed by atoms with van der Waals surface area (Å²) in [5, 5.41) is 9.46. The molecule has 0 unspecified atom stereocenters. The zero-order chi connectivity index (χ0) is 14.1. The topological polar surface area (TPSA) is 57.8 Å². The molecule has 0 spiro atoms. The van der Waals surface area contributed by atoms with Gasteiger partial charge in [-0.15, -0.1) is 0 Å². The van der Waals surface area contributed by atoms with Crippen molar-refractivity contribution in [2.75, 3.05) is 11.9 Å². The molecule has 3 rings (SSSR count). The lowest BCUT2D eigenvalue weighted by Gasteiger charge is -2.17. The number of carboxylic acid groups (broad SMARTS) is 1. The van der Waals surface area contributed by atoms with Gasteiger partial charge in [-0.1, -0.05) is 24.3 Å². The van der Waals surface area contributed by atoms with Crippen LogP contribution in [0, 0.1) is 0 Å². The minimum atomic E-state index is -0.999. The molecular formula is C15H13N3O2. The molecule has 0 aliphatic rings. The fourth-order valence-corrected chi connectivity index (χ4v) is 2.19.